The van der Waals surface area contributed by atoms with Gasteiger partial charge < -0.3 is 9.32 Å². The van der Waals surface area contributed by atoms with Crippen molar-refractivity contribution in [1.29, 1.82) is 0 Å². The lowest BCUT2D eigenvalue weighted by molar-refractivity contribution is 0.286. The van der Waals surface area contributed by atoms with Crippen LogP contribution in [0, 0.1) is 18.3 Å². The summed E-state index contributed by atoms with van der Waals surface area (Å²) in [7, 11) is 0. The molecule has 1 saturated heterocycles. The Morgan fingerprint density at radius 1 is 1.17 bits per heavy atom. The maximum absolute atomic E-state index is 6.25. The van der Waals surface area contributed by atoms with Crippen molar-refractivity contribution in [2.24, 2.45) is 11.3 Å². The van der Waals surface area contributed by atoms with Crippen molar-refractivity contribution < 1.29 is 4.42 Å². The van der Waals surface area contributed by atoms with Crippen LogP contribution in [0.5, 0.6) is 0 Å². The van der Waals surface area contributed by atoms with Gasteiger partial charge in [0, 0.05) is 29.1 Å². The van der Waals surface area contributed by atoms with Gasteiger partial charge in [-0.15, -0.1) is 0 Å². The van der Waals surface area contributed by atoms with Gasteiger partial charge in [-0.2, -0.15) is 0 Å². The fourth-order valence-electron chi connectivity index (χ4n) is 5.61. The van der Waals surface area contributed by atoms with Crippen molar-refractivity contribution in [3.05, 3.63) is 36.0 Å². The van der Waals surface area contributed by atoms with Crippen molar-refractivity contribution in [2.45, 2.75) is 52.6 Å². The first-order valence-electron chi connectivity index (χ1n) is 9.05. The second kappa shape index (κ2) is 4.53. The molecule has 3 heteroatoms. The molecular weight excluding hydrogens is 296 g/mol. The topological polar surface area (TPSA) is 29.3 Å². The van der Waals surface area contributed by atoms with Gasteiger partial charge in [0.1, 0.15) is 0 Å². The monoisotopic (exact) mass is 320 g/mol. The largest absolute Gasteiger partial charge is 0.436 e. The van der Waals surface area contributed by atoms with E-state index >= 15 is 0 Å². The molecule has 0 N–H and O–H groups in total. The van der Waals surface area contributed by atoms with Gasteiger partial charge in [0.2, 0.25) is 5.71 Å². The molecule has 24 heavy (non-hydrogen) atoms. The van der Waals surface area contributed by atoms with Crippen molar-refractivity contribution in [1.82, 2.24) is 4.98 Å². The molecule has 2 fully saturated rings. The van der Waals surface area contributed by atoms with Gasteiger partial charge in [0.15, 0.2) is 5.58 Å². The summed E-state index contributed by atoms with van der Waals surface area (Å²) in [6.07, 6.45) is 4.45. The van der Waals surface area contributed by atoms with Crippen LogP contribution in [0.15, 0.2) is 34.9 Å². The zero-order valence-corrected chi connectivity index (χ0v) is 14.8. The van der Waals surface area contributed by atoms with Crippen LogP contribution in [-0.2, 0) is 0 Å². The van der Waals surface area contributed by atoms with Crippen molar-refractivity contribution >= 4 is 27.8 Å². The molecule has 3 aromatic rings. The Kier molecular flexibility index (Phi) is 2.70. The van der Waals surface area contributed by atoms with Crippen molar-refractivity contribution in [3.8, 4) is 0 Å². The molecule has 3 nitrogen and oxygen atoms in total. The highest BCUT2D eigenvalue weighted by Gasteiger charge is 2.56. The Balaban J connectivity index is 1.79. The van der Waals surface area contributed by atoms with Gasteiger partial charge in [-0.25, -0.2) is 4.98 Å². The van der Waals surface area contributed by atoms with E-state index in [1.807, 2.05) is 6.07 Å². The van der Waals surface area contributed by atoms with Gasteiger partial charge in [-0.05, 0) is 55.7 Å². The van der Waals surface area contributed by atoms with Crippen molar-refractivity contribution in [3.63, 3.8) is 0 Å². The van der Waals surface area contributed by atoms with Gasteiger partial charge >= 0.3 is 0 Å². The first kappa shape index (κ1) is 14.3. The Morgan fingerprint density at radius 3 is 2.75 bits per heavy atom. The Morgan fingerprint density at radius 2 is 2.00 bits per heavy atom. The van der Waals surface area contributed by atoms with Crippen LogP contribution < -0.4 is 4.90 Å². The fourth-order valence-corrected chi connectivity index (χ4v) is 5.61. The number of rotatable bonds is 1. The zero-order chi connectivity index (χ0) is 16.6. The molecule has 1 aromatic carbocycles. The molecule has 3 heterocycles. The highest BCUT2D eigenvalue weighted by molar-refractivity contribution is 6.08. The predicted octanol–water partition coefficient (Wildman–Crippen LogP) is 5.30. The predicted molar refractivity (Wildman–Crippen MR) is 98.5 cm³/mol. The summed E-state index contributed by atoms with van der Waals surface area (Å²) in [4.78, 5) is 7.09. The summed E-state index contributed by atoms with van der Waals surface area (Å²) in [5.74, 6) is 0.764. The maximum atomic E-state index is 6.25. The third kappa shape index (κ3) is 1.60. The molecule has 0 spiro atoms. The van der Waals surface area contributed by atoms with Crippen LogP contribution in [0.25, 0.3) is 22.1 Å². The van der Waals surface area contributed by atoms with E-state index in [9.17, 15) is 0 Å². The summed E-state index contributed by atoms with van der Waals surface area (Å²) in [5, 5.41) is 2.30. The molecule has 1 saturated carbocycles. The van der Waals surface area contributed by atoms with Crippen LogP contribution in [-0.4, -0.2) is 17.1 Å². The summed E-state index contributed by atoms with van der Waals surface area (Å²) in [6, 6.07) is 9.68. The van der Waals surface area contributed by atoms with E-state index in [2.05, 4.69) is 55.8 Å². The average Bonchev–Trinajstić information content (AvgIpc) is 3.12. The molecule has 124 valence electrons. The number of aryl methyl sites for hydroxylation is 1. The minimum Gasteiger partial charge on any atom is -0.436 e. The molecule has 1 aliphatic carbocycles. The van der Waals surface area contributed by atoms with Gasteiger partial charge in [-0.1, -0.05) is 26.0 Å². The third-order valence-electron chi connectivity index (χ3n) is 6.77. The van der Waals surface area contributed by atoms with E-state index in [4.69, 9.17) is 4.42 Å². The molecule has 3 unspecified atom stereocenters. The molecule has 5 rings (SSSR count). The normalized spacial score (nSPS) is 28.3. The molecule has 0 amide bonds. The number of benzene rings is 1. The Hall–Kier alpha value is -2.03. The number of piperidine rings is 1. The van der Waals surface area contributed by atoms with Crippen LogP contribution in [0.3, 0.4) is 0 Å². The first-order chi connectivity index (χ1) is 11.5. The SMILES string of the molecule is Cc1ccc2c(oc3ncccc32)c1N1C(C)C2CCC1C2(C)C. The lowest BCUT2D eigenvalue weighted by Gasteiger charge is -2.36. The Labute approximate surface area is 142 Å². The lowest BCUT2D eigenvalue weighted by Crippen LogP contribution is -2.40. The van der Waals surface area contributed by atoms with Gasteiger partial charge in [0.05, 0.1) is 5.69 Å². The average molecular weight is 320 g/mol. The number of aromatic nitrogens is 1. The van der Waals surface area contributed by atoms with E-state index in [1.54, 1.807) is 6.20 Å². The number of anilines is 1. The molecule has 2 bridgehead atoms. The van der Waals surface area contributed by atoms with Crippen molar-refractivity contribution in [2.75, 3.05) is 4.90 Å². The molecule has 2 aliphatic rings. The summed E-state index contributed by atoms with van der Waals surface area (Å²) in [6.45, 7) is 9.49. The molecule has 3 atom stereocenters. The van der Waals surface area contributed by atoms with Crippen LogP contribution >= 0.6 is 0 Å². The summed E-state index contributed by atoms with van der Waals surface area (Å²) in [5.41, 5.74) is 4.72. The number of pyridine rings is 1. The standard InChI is InChI=1S/C21H24N2O/c1-12-7-8-14-15-6-5-11-22-20(15)24-19(14)18(12)23-13(2)16-9-10-17(23)21(16,3)4/h5-8,11,13,16-17H,9-10H2,1-4H3. The minimum absolute atomic E-state index is 0.373. The molecule has 0 radical (unpaired) electrons. The number of nitrogens with zero attached hydrogens (tertiary/aromatic N) is 2. The second-order valence-electron chi connectivity index (χ2n) is 8.23. The zero-order valence-electron chi connectivity index (χ0n) is 14.8. The molecule has 1 aliphatic heterocycles. The van der Waals surface area contributed by atoms with Crippen LogP contribution in [0.4, 0.5) is 5.69 Å². The maximum Gasteiger partial charge on any atom is 0.227 e. The number of fused-ring (bicyclic) bond motifs is 5. The third-order valence-corrected chi connectivity index (χ3v) is 6.77. The van der Waals surface area contributed by atoms with E-state index in [1.165, 1.54) is 29.5 Å². The molecular formula is C21H24N2O. The minimum atomic E-state index is 0.373. The van der Waals surface area contributed by atoms with Gasteiger partial charge in [-0.3, -0.25) is 0 Å². The van der Waals surface area contributed by atoms with E-state index in [-0.39, 0.29) is 0 Å². The summed E-state index contributed by atoms with van der Waals surface area (Å²) >= 11 is 0. The van der Waals surface area contributed by atoms with Gasteiger partial charge in [0.25, 0.3) is 0 Å². The summed E-state index contributed by atoms with van der Waals surface area (Å²) < 4.78 is 6.25. The van der Waals surface area contributed by atoms with E-state index in [0.717, 1.165) is 22.6 Å². The number of furan rings is 1. The highest BCUT2D eigenvalue weighted by Crippen LogP contribution is 2.57. The quantitative estimate of drug-likeness (QED) is 0.609. The lowest BCUT2D eigenvalue weighted by atomic mass is 9.80. The Bertz CT molecular complexity index is 955. The number of hydrogen-bond acceptors (Lipinski definition) is 3. The smallest absolute Gasteiger partial charge is 0.227 e. The fraction of sp³-hybridized carbons (Fsp3) is 0.476. The molecule has 2 aromatic heterocycles. The van der Waals surface area contributed by atoms with Crippen LogP contribution in [0.2, 0.25) is 0 Å². The van der Waals surface area contributed by atoms with Crippen LogP contribution in [0.1, 0.15) is 39.2 Å². The highest BCUT2D eigenvalue weighted by atomic mass is 16.3. The first-order valence-corrected chi connectivity index (χ1v) is 9.05. The van der Waals surface area contributed by atoms with E-state index in [0.29, 0.717) is 17.5 Å². The number of hydrogen-bond donors (Lipinski definition) is 0. The second-order valence-corrected chi connectivity index (χ2v) is 8.23. The van der Waals surface area contributed by atoms with E-state index < -0.39 is 0 Å².